The molecule has 2 aromatic rings. The Labute approximate surface area is 120 Å². The second-order valence-electron chi connectivity index (χ2n) is 5.50. The van der Waals surface area contributed by atoms with Gasteiger partial charge in [0.05, 0.1) is 10.2 Å². The Kier molecular flexibility index (Phi) is 3.32. The molecule has 1 heterocycles. The first-order valence-electron chi connectivity index (χ1n) is 6.45. The van der Waals surface area contributed by atoms with Crippen LogP contribution < -0.4 is 5.32 Å². The van der Waals surface area contributed by atoms with Crippen molar-refractivity contribution >= 4 is 42.6 Å². The maximum atomic E-state index is 4.64. The summed E-state index contributed by atoms with van der Waals surface area (Å²) in [4.78, 5) is 4.64. The van der Waals surface area contributed by atoms with Crippen molar-refractivity contribution in [1.82, 2.24) is 4.98 Å². The lowest BCUT2D eigenvalue weighted by Crippen LogP contribution is -2.22. The summed E-state index contributed by atoms with van der Waals surface area (Å²) < 4.78 is 2.34. The van der Waals surface area contributed by atoms with Crippen molar-refractivity contribution in [2.24, 2.45) is 5.41 Å². The molecule has 18 heavy (non-hydrogen) atoms. The number of hydrogen-bond acceptors (Lipinski definition) is 3. The fraction of sp³-hybridized carbons (Fsp3) is 0.500. The number of halogens is 1. The lowest BCUT2D eigenvalue weighted by atomic mass is 9.89. The summed E-state index contributed by atoms with van der Waals surface area (Å²) in [6.45, 7) is 3.44. The summed E-state index contributed by atoms with van der Waals surface area (Å²) in [5, 5.41) is 4.58. The van der Waals surface area contributed by atoms with Gasteiger partial charge in [0.15, 0.2) is 5.13 Å². The predicted octanol–water partition coefficient (Wildman–Crippen LogP) is 5.05. The van der Waals surface area contributed by atoms with Crippen LogP contribution in [-0.2, 0) is 0 Å². The van der Waals surface area contributed by atoms with Crippen molar-refractivity contribution < 1.29 is 0 Å². The highest BCUT2D eigenvalue weighted by atomic mass is 79.9. The summed E-state index contributed by atoms with van der Waals surface area (Å²) in [5.41, 5.74) is 1.55. The number of anilines is 1. The van der Waals surface area contributed by atoms with Gasteiger partial charge in [-0.15, -0.1) is 0 Å². The third-order valence-electron chi connectivity index (χ3n) is 3.83. The molecule has 0 spiro atoms. The van der Waals surface area contributed by atoms with Gasteiger partial charge < -0.3 is 5.32 Å². The molecule has 1 aromatic heterocycles. The van der Waals surface area contributed by atoms with Crippen molar-refractivity contribution in [2.45, 2.75) is 32.6 Å². The molecular weight excluding hydrogens is 308 g/mol. The summed E-state index contributed by atoms with van der Waals surface area (Å²) in [5.74, 6) is 0. The van der Waals surface area contributed by atoms with E-state index in [2.05, 4.69) is 51.4 Å². The van der Waals surface area contributed by atoms with E-state index in [-0.39, 0.29) is 0 Å². The molecule has 1 N–H and O–H groups in total. The quantitative estimate of drug-likeness (QED) is 0.854. The third-order valence-corrected chi connectivity index (χ3v) is 5.31. The number of aromatic nitrogens is 1. The van der Waals surface area contributed by atoms with Crippen LogP contribution in [0.15, 0.2) is 22.7 Å². The van der Waals surface area contributed by atoms with E-state index in [9.17, 15) is 0 Å². The second kappa shape index (κ2) is 4.82. The van der Waals surface area contributed by atoms with E-state index in [0.29, 0.717) is 5.41 Å². The van der Waals surface area contributed by atoms with Crippen molar-refractivity contribution in [2.75, 3.05) is 11.9 Å². The van der Waals surface area contributed by atoms with E-state index in [1.165, 1.54) is 30.4 Å². The molecule has 3 rings (SSSR count). The molecule has 0 atom stereocenters. The van der Waals surface area contributed by atoms with Crippen LogP contribution in [0, 0.1) is 5.41 Å². The summed E-state index contributed by atoms with van der Waals surface area (Å²) in [6.07, 6.45) is 5.45. The van der Waals surface area contributed by atoms with Crippen LogP contribution in [0.25, 0.3) is 10.2 Å². The molecule has 0 saturated heterocycles. The normalized spacial score (nSPS) is 18.3. The largest absolute Gasteiger partial charge is 0.361 e. The molecule has 96 valence electrons. The SMILES string of the molecule is CC1(CNc2nc3cc(Br)ccc3s2)CCCC1. The number of nitrogens with one attached hydrogen (secondary N) is 1. The van der Waals surface area contributed by atoms with Crippen LogP contribution in [0.5, 0.6) is 0 Å². The molecule has 1 fully saturated rings. The molecule has 1 saturated carbocycles. The van der Waals surface area contributed by atoms with Gasteiger partial charge in [-0.1, -0.05) is 47.0 Å². The number of thiazole rings is 1. The van der Waals surface area contributed by atoms with Crippen LogP contribution in [0.2, 0.25) is 0 Å². The van der Waals surface area contributed by atoms with E-state index >= 15 is 0 Å². The Morgan fingerprint density at radius 3 is 2.94 bits per heavy atom. The molecule has 0 bridgehead atoms. The Hall–Kier alpha value is -0.610. The van der Waals surface area contributed by atoms with Gasteiger partial charge in [-0.2, -0.15) is 0 Å². The van der Waals surface area contributed by atoms with Crippen LogP contribution in [0.3, 0.4) is 0 Å². The molecule has 0 amide bonds. The molecule has 0 unspecified atom stereocenters. The molecule has 4 heteroatoms. The average molecular weight is 325 g/mol. The van der Waals surface area contributed by atoms with Crippen molar-refractivity contribution in [3.63, 3.8) is 0 Å². The van der Waals surface area contributed by atoms with Crippen LogP contribution in [-0.4, -0.2) is 11.5 Å². The smallest absolute Gasteiger partial charge is 0.183 e. The summed E-state index contributed by atoms with van der Waals surface area (Å²) in [7, 11) is 0. The minimum Gasteiger partial charge on any atom is -0.361 e. The number of nitrogens with zero attached hydrogens (tertiary/aromatic N) is 1. The predicted molar refractivity (Wildman–Crippen MR) is 82.4 cm³/mol. The lowest BCUT2D eigenvalue weighted by molar-refractivity contribution is 0.362. The van der Waals surface area contributed by atoms with Crippen LogP contribution in [0.1, 0.15) is 32.6 Å². The first-order valence-corrected chi connectivity index (χ1v) is 8.06. The number of rotatable bonds is 3. The topological polar surface area (TPSA) is 24.9 Å². The van der Waals surface area contributed by atoms with E-state index in [0.717, 1.165) is 21.7 Å². The Balaban J connectivity index is 1.74. The summed E-state index contributed by atoms with van der Waals surface area (Å²) in [6, 6.07) is 6.27. The van der Waals surface area contributed by atoms with Crippen LogP contribution in [0.4, 0.5) is 5.13 Å². The lowest BCUT2D eigenvalue weighted by Gasteiger charge is -2.23. The van der Waals surface area contributed by atoms with Crippen LogP contribution >= 0.6 is 27.3 Å². The fourth-order valence-corrected chi connectivity index (χ4v) is 3.86. The van der Waals surface area contributed by atoms with Gasteiger partial charge in [0.25, 0.3) is 0 Å². The number of benzene rings is 1. The Bertz CT molecular complexity index is 558. The standard InChI is InChI=1S/C14H17BrN2S/c1-14(6-2-3-7-14)9-16-13-17-11-8-10(15)4-5-12(11)18-13/h4-5,8H,2-3,6-7,9H2,1H3,(H,16,17). The maximum absolute atomic E-state index is 4.64. The first kappa shape index (κ1) is 12.4. The van der Waals surface area contributed by atoms with E-state index in [1.807, 2.05) is 0 Å². The van der Waals surface area contributed by atoms with Gasteiger partial charge in [-0.25, -0.2) is 4.98 Å². The highest BCUT2D eigenvalue weighted by molar-refractivity contribution is 9.10. The van der Waals surface area contributed by atoms with Crippen molar-refractivity contribution in [3.8, 4) is 0 Å². The highest BCUT2D eigenvalue weighted by Crippen LogP contribution is 2.38. The zero-order valence-corrected chi connectivity index (χ0v) is 12.9. The first-order chi connectivity index (χ1) is 8.65. The number of hydrogen-bond donors (Lipinski definition) is 1. The van der Waals surface area contributed by atoms with Gasteiger partial charge in [-0.05, 0) is 36.5 Å². The Morgan fingerprint density at radius 2 is 2.17 bits per heavy atom. The van der Waals surface area contributed by atoms with E-state index in [4.69, 9.17) is 0 Å². The maximum Gasteiger partial charge on any atom is 0.183 e. The average Bonchev–Trinajstić information content (AvgIpc) is 2.93. The second-order valence-corrected chi connectivity index (χ2v) is 7.45. The molecule has 1 aromatic carbocycles. The van der Waals surface area contributed by atoms with Crippen molar-refractivity contribution in [3.05, 3.63) is 22.7 Å². The van der Waals surface area contributed by atoms with E-state index < -0.39 is 0 Å². The molecule has 2 nitrogen and oxygen atoms in total. The van der Waals surface area contributed by atoms with Gasteiger partial charge >= 0.3 is 0 Å². The van der Waals surface area contributed by atoms with Crippen molar-refractivity contribution in [1.29, 1.82) is 0 Å². The third kappa shape index (κ3) is 2.54. The summed E-state index contributed by atoms with van der Waals surface area (Å²) >= 11 is 5.23. The monoisotopic (exact) mass is 324 g/mol. The highest BCUT2D eigenvalue weighted by Gasteiger charge is 2.28. The minimum absolute atomic E-state index is 0.471. The van der Waals surface area contributed by atoms with Gasteiger partial charge in [0.2, 0.25) is 0 Å². The Morgan fingerprint density at radius 1 is 1.39 bits per heavy atom. The molecule has 0 radical (unpaired) electrons. The zero-order valence-electron chi connectivity index (χ0n) is 10.5. The molecule has 0 aliphatic heterocycles. The molecule has 1 aliphatic rings. The fourth-order valence-electron chi connectivity index (χ4n) is 2.67. The van der Waals surface area contributed by atoms with E-state index in [1.54, 1.807) is 11.3 Å². The molecule has 1 aliphatic carbocycles. The van der Waals surface area contributed by atoms with Gasteiger partial charge in [0.1, 0.15) is 0 Å². The zero-order chi connectivity index (χ0) is 12.6. The number of fused-ring (bicyclic) bond motifs is 1. The van der Waals surface area contributed by atoms with Gasteiger partial charge in [-0.3, -0.25) is 0 Å². The minimum atomic E-state index is 0.471. The molecular formula is C14H17BrN2S. The van der Waals surface area contributed by atoms with Gasteiger partial charge in [0, 0.05) is 11.0 Å².